The second kappa shape index (κ2) is 7.80. The van der Waals surface area contributed by atoms with Crippen molar-refractivity contribution >= 4 is 45.1 Å². The summed E-state index contributed by atoms with van der Waals surface area (Å²) >= 11 is 14.9. The average molecular weight is 391 g/mol. The molecule has 0 aliphatic heterocycles. The predicted octanol–water partition coefficient (Wildman–Crippen LogP) is 2.99. The number of carbonyl (C=O) groups excluding carboxylic acids is 1. The maximum Gasteiger partial charge on any atom is 0.157 e. The van der Waals surface area contributed by atoms with Crippen LogP contribution in [0.5, 0.6) is 0 Å². The molecule has 0 aromatic heterocycles. The highest BCUT2D eigenvalue weighted by Gasteiger charge is 2.36. The lowest BCUT2D eigenvalue weighted by atomic mass is 9.86. The number of alkyl halides is 1. The molecule has 0 unspecified atom stereocenters. The number of benzene rings is 2. The van der Waals surface area contributed by atoms with Gasteiger partial charge in [0.1, 0.15) is 0 Å². The van der Waals surface area contributed by atoms with Crippen LogP contribution in [0.2, 0.25) is 10.0 Å². The molecule has 0 aliphatic rings. The molecule has 2 aromatic carbocycles. The van der Waals surface area contributed by atoms with Gasteiger partial charge in [-0.15, -0.1) is 0 Å². The van der Waals surface area contributed by atoms with E-state index in [9.17, 15) is 15.0 Å². The van der Waals surface area contributed by atoms with E-state index in [0.29, 0.717) is 0 Å². The summed E-state index contributed by atoms with van der Waals surface area (Å²) in [6.45, 7) is 0. The molecule has 0 saturated heterocycles. The Labute approximate surface area is 141 Å². The molecule has 1 N–H and O–H groups in total. The van der Waals surface area contributed by atoms with Crippen molar-refractivity contribution in [3.63, 3.8) is 0 Å². The molecule has 21 heavy (non-hydrogen) atoms. The van der Waals surface area contributed by atoms with Crippen LogP contribution in [-0.4, -0.2) is 16.9 Å². The highest BCUT2D eigenvalue weighted by atomic mass is 79.9. The lowest BCUT2D eigenvalue weighted by Gasteiger charge is -2.31. The van der Waals surface area contributed by atoms with Crippen molar-refractivity contribution in [2.75, 3.05) is 5.83 Å². The van der Waals surface area contributed by atoms with E-state index in [4.69, 9.17) is 23.2 Å². The monoisotopic (exact) mass is 389 g/mol. The van der Waals surface area contributed by atoms with E-state index in [2.05, 4.69) is 15.9 Å². The zero-order chi connectivity index (χ0) is 16.0. The fourth-order valence-corrected chi connectivity index (χ4v) is 2.42. The molecule has 2 aromatic rings. The average Bonchev–Trinajstić information content (AvgIpc) is 2.49. The molecule has 0 saturated carbocycles. The highest BCUT2D eigenvalue weighted by Crippen LogP contribution is 2.37. The Kier molecular flexibility index (Phi) is 6.68. The van der Waals surface area contributed by atoms with Crippen LogP contribution in [0.25, 0.3) is 0 Å². The third-order valence-electron chi connectivity index (χ3n) is 2.82. The summed E-state index contributed by atoms with van der Waals surface area (Å²) < 4.78 is 0. The number of carboxylic acids is 1. The van der Waals surface area contributed by atoms with Crippen molar-refractivity contribution < 1.29 is 15.0 Å². The van der Waals surface area contributed by atoms with Crippen molar-refractivity contribution in [3.8, 4) is 0 Å². The van der Waals surface area contributed by atoms with Crippen LogP contribution in [0.15, 0.2) is 48.5 Å². The first-order valence-corrected chi connectivity index (χ1v) is 8.13. The number of aliphatic hydroxyl groups is 1. The highest BCUT2D eigenvalue weighted by molar-refractivity contribution is 9.08. The van der Waals surface area contributed by atoms with Crippen LogP contribution in [0.3, 0.4) is 0 Å². The van der Waals surface area contributed by atoms with Crippen LogP contribution in [-0.2, 0) is 10.4 Å². The van der Waals surface area contributed by atoms with Gasteiger partial charge in [-0.3, -0.25) is 0 Å². The molecular weight excluding hydrogens is 379 g/mol. The molecular formula is C15H12BrCl2O3-. The quantitative estimate of drug-likeness (QED) is 0.819. The van der Waals surface area contributed by atoms with E-state index in [1.807, 2.05) is 5.83 Å². The Balaban J connectivity index is 0.00000106. The molecule has 0 fully saturated rings. The molecule has 0 amide bonds. The zero-order valence-electron chi connectivity index (χ0n) is 11.0. The first kappa shape index (κ1) is 18.0. The minimum absolute atomic E-state index is 0.0183. The molecule has 112 valence electrons. The second-order valence-corrected chi connectivity index (χ2v) is 4.77. The molecule has 0 heterocycles. The van der Waals surface area contributed by atoms with Crippen LogP contribution in [0, 0.1) is 0 Å². The third kappa shape index (κ3) is 3.58. The lowest BCUT2D eigenvalue weighted by molar-refractivity contribution is -0.322. The Morgan fingerprint density at radius 2 is 1.33 bits per heavy atom. The van der Waals surface area contributed by atoms with Gasteiger partial charge in [-0.25, -0.2) is 0 Å². The van der Waals surface area contributed by atoms with Crippen LogP contribution in [0.1, 0.15) is 11.1 Å². The molecule has 0 aliphatic carbocycles. The summed E-state index contributed by atoms with van der Waals surface area (Å²) in [5, 5.41) is 22.2. The van der Waals surface area contributed by atoms with Gasteiger partial charge < -0.3 is 15.0 Å². The normalized spacial score (nSPS) is 10.5. The van der Waals surface area contributed by atoms with Gasteiger partial charge >= 0.3 is 0 Å². The Morgan fingerprint density at radius 1 is 1.00 bits per heavy atom. The molecule has 0 atom stereocenters. The minimum atomic E-state index is -2.39. The Bertz CT molecular complexity index is 586. The summed E-state index contributed by atoms with van der Waals surface area (Å²) in [5.74, 6) is 0.126. The van der Waals surface area contributed by atoms with Gasteiger partial charge in [-0.05, 0) is 18.0 Å². The summed E-state index contributed by atoms with van der Waals surface area (Å²) in [5.41, 5.74) is -2.36. The topological polar surface area (TPSA) is 60.4 Å². The number of carbonyl (C=O) groups is 1. The van der Waals surface area contributed by atoms with Gasteiger partial charge in [0, 0.05) is 21.2 Å². The van der Waals surface area contributed by atoms with E-state index in [1.54, 1.807) is 24.3 Å². The Hall–Kier alpha value is -1.07. The number of rotatable bonds is 3. The maximum absolute atomic E-state index is 11.4. The van der Waals surface area contributed by atoms with E-state index in [0.717, 1.165) is 0 Å². The van der Waals surface area contributed by atoms with E-state index in [-0.39, 0.29) is 21.2 Å². The van der Waals surface area contributed by atoms with E-state index >= 15 is 0 Å². The summed E-state index contributed by atoms with van der Waals surface area (Å²) in [4.78, 5) is 11.4. The lowest BCUT2D eigenvalue weighted by Crippen LogP contribution is -2.47. The summed E-state index contributed by atoms with van der Waals surface area (Å²) in [6.07, 6.45) is 0. The minimum Gasteiger partial charge on any atom is -0.546 e. The fraction of sp³-hybridized carbons (Fsp3) is 0.133. The standard InChI is InChI=1S/C14H10Cl2O3.CH3Br/c15-11-7-3-1-5-9(11)14(19,13(17)18)10-6-2-4-8-12(10)16;1-2/h1-8,19H,(H,17,18);1H3/p-1. The smallest absolute Gasteiger partial charge is 0.157 e. The van der Waals surface area contributed by atoms with Crippen molar-refractivity contribution in [1.29, 1.82) is 0 Å². The van der Waals surface area contributed by atoms with Gasteiger partial charge in [0.2, 0.25) is 0 Å². The van der Waals surface area contributed by atoms with Crippen LogP contribution < -0.4 is 5.11 Å². The molecule has 0 radical (unpaired) electrons. The number of carboxylic acid groups (broad SMARTS) is 1. The van der Waals surface area contributed by atoms with Crippen molar-refractivity contribution in [3.05, 3.63) is 69.7 Å². The molecule has 0 bridgehead atoms. The number of aliphatic carboxylic acids is 1. The van der Waals surface area contributed by atoms with Crippen molar-refractivity contribution in [1.82, 2.24) is 0 Å². The second-order valence-electron chi connectivity index (χ2n) is 3.96. The van der Waals surface area contributed by atoms with Gasteiger partial charge in [0.25, 0.3) is 0 Å². The number of hydrogen-bond acceptors (Lipinski definition) is 3. The summed E-state index contributed by atoms with van der Waals surface area (Å²) in [7, 11) is 0. The van der Waals surface area contributed by atoms with Gasteiger partial charge in [-0.1, -0.05) is 75.5 Å². The van der Waals surface area contributed by atoms with Crippen LogP contribution >= 0.6 is 39.1 Å². The predicted molar refractivity (Wildman–Crippen MR) is 85.8 cm³/mol. The molecule has 2 rings (SSSR count). The zero-order valence-corrected chi connectivity index (χ0v) is 14.1. The first-order chi connectivity index (χ1) is 9.98. The maximum atomic E-state index is 11.4. The SMILES string of the molecule is CBr.O=C([O-])C(O)(c1ccccc1Cl)c1ccccc1Cl. The number of halogens is 3. The molecule has 6 heteroatoms. The third-order valence-corrected chi connectivity index (χ3v) is 3.48. The number of hydrogen-bond donors (Lipinski definition) is 1. The first-order valence-electron chi connectivity index (χ1n) is 5.79. The van der Waals surface area contributed by atoms with Crippen LogP contribution in [0.4, 0.5) is 0 Å². The van der Waals surface area contributed by atoms with Gasteiger partial charge in [0.05, 0.1) is 5.97 Å². The fourth-order valence-electron chi connectivity index (χ4n) is 1.87. The molecule has 3 nitrogen and oxygen atoms in total. The summed E-state index contributed by atoms with van der Waals surface area (Å²) in [6, 6.07) is 12.2. The van der Waals surface area contributed by atoms with E-state index in [1.165, 1.54) is 24.3 Å². The Morgan fingerprint density at radius 3 is 1.62 bits per heavy atom. The molecule has 0 spiro atoms. The van der Waals surface area contributed by atoms with Gasteiger partial charge in [-0.2, -0.15) is 0 Å². The van der Waals surface area contributed by atoms with E-state index < -0.39 is 11.6 Å². The van der Waals surface area contributed by atoms with Crippen molar-refractivity contribution in [2.24, 2.45) is 0 Å². The van der Waals surface area contributed by atoms with Crippen molar-refractivity contribution in [2.45, 2.75) is 5.60 Å². The largest absolute Gasteiger partial charge is 0.546 e. The van der Waals surface area contributed by atoms with Gasteiger partial charge in [0.15, 0.2) is 5.60 Å².